The molecule has 0 spiro atoms. The van der Waals surface area contributed by atoms with Gasteiger partial charge in [0.25, 0.3) is 0 Å². The third-order valence-corrected chi connectivity index (χ3v) is 2.63. The second-order valence-electron chi connectivity index (χ2n) is 3.69. The third-order valence-electron chi connectivity index (χ3n) is 2.04. The lowest BCUT2D eigenvalue weighted by Gasteiger charge is -2.16. The summed E-state index contributed by atoms with van der Waals surface area (Å²) in [6, 6.07) is 2.04. The molecule has 3 nitrogen and oxygen atoms in total. The van der Waals surface area contributed by atoms with E-state index < -0.39 is 0 Å². The first-order chi connectivity index (χ1) is 6.66. The van der Waals surface area contributed by atoms with Crippen molar-refractivity contribution in [3.63, 3.8) is 0 Å². The van der Waals surface area contributed by atoms with Crippen LogP contribution in [0.2, 0.25) is 0 Å². The average Bonchev–Trinajstić information content (AvgIpc) is 2.87. The van der Waals surface area contributed by atoms with Gasteiger partial charge in [0, 0.05) is 23.9 Å². The van der Waals surface area contributed by atoms with Gasteiger partial charge in [-0.3, -0.25) is 0 Å². The lowest BCUT2D eigenvalue weighted by Crippen LogP contribution is -2.13. The molecule has 0 radical (unpaired) electrons. The van der Waals surface area contributed by atoms with Crippen molar-refractivity contribution in [3.05, 3.63) is 15.8 Å². The summed E-state index contributed by atoms with van der Waals surface area (Å²) in [6.45, 7) is 0. The fourth-order valence-electron chi connectivity index (χ4n) is 1.20. The van der Waals surface area contributed by atoms with Crippen molar-refractivity contribution >= 4 is 28.4 Å². The van der Waals surface area contributed by atoms with Crippen molar-refractivity contribution in [1.29, 1.82) is 0 Å². The van der Waals surface area contributed by atoms with Crippen LogP contribution in [-0.2, 0) is 0 Å². The van der Waals surface area contributed by atoms with Crippen molar-refractivity contribution in [3.8, 4) is 5.75 Å². The zero-order valence-corrected chi connectivity index (χ0v) is 10.5. The van der Waals surface area contributed by atoms with Crippen LogP contribution in [0.25, 0.3) is 0 Å². The maximum absolute atomic E-state index is 5.79. The number of anilines is 1. The molecule has 0 N–H and O–H groups in total. The van der Waals surface area contributed by atoms with Crippen molar-refractivity contribution < 1.29 is 4.74 Å². The highest BCUT2D eigenvalue weighted by atomic mass is 127. The van der Waals surface area contributed by atoms with E-state index in [9.17, 15) is 0 Å². The maximum atomic E-state index is 5.79. The number of aromatic nitrogens is 1. The molecule has 2 rings (SSSR count). The molecule has 4 heteroatoms. The minimum atomic E-state index is 0.425. The summed E-state index contributed by atoms with van der Waals surface area (Å²) in [5.41, 5.74) is 0. The largest absolute Gasteiger partial charge is 0.487 e. The van der Waals surface area contributed by atoms with Crippen LogP contribution < -0.4 is 9.64 Å². The molecule has 0 saturated heterocycles. The number of halogens is 1. The first-order valence-corrected chi connectivity index (χ1v) is 5.74. The standard InChI is InChI=1S/C10H13IN2O/c1-13(2)10-9(14-8-3-4-8)5-7(11)6-12-10/h5-6,8H,3-4H2,1-2H3. The first-order valence-electron chi connectivity index (χ1n) is 4.66. The van der Waals surface area contributed by atoms with Crippen molar-refractivity contribution in [2.45, 2.75) is 18.9 Å². The van der Waals surface area contributed by atoms with E-state index in [-0.39, 0.29) is 0 Å². The molecule has 0 aromatic carbocycles. The molecule has 0 unspecified atom stereocenters. The molecule has 1 aromatic rings. The van der Waals surface area contributed by atoms with Crippen LogP contribution in [0.4, 0.5) is 5.82 Å². The Morgan fingerprint density at radius 2 is 2.21 bits per heavy atom. The molecule has 1 aliphatic rings. The summed E-state index contributed by atoms with van der Waals surface area (Å²) in [7, 11) is 3.96. The predicted molar refractivity (Wildman–Crippen MR) is 64.9 cm³/mol. The van der Waals surface area contributed by atoms with Gasteiger partial charge in [0.15, 0.2) is 11.6 Å². The van der Waals surface area contributed by atoms with Gasteiger partial charge in [-0.25, -0.2) is 4.98 Å². The zero-order chi connectivity index (χ0) is 10.1. The molecular weight excluding hydrogens is 291 g/mol. The fourth-order valence-corrected chi connectivity index (χ4v) is 1.62. The van der Waals surface area contributed by atoms with E-state index in [1.807, 2.05) is 31.3 Å². The van der Waals surface area contributed by atoms with Crippen molar-refractivity contribution in [1.82, 2.24) is 4.98 Å². The van der Waals surface area contributed by atoms with E-state index in [0.29, 0.717) is 6.10 Å². The summed E-state index contributed by atoms with van der Waals surface area (Å²) in [5.74, 6) is 1.82. The molecule has 0 amide bonds. The Bertz CT molecular complexity index is 337. The van der Waals surface area contributed by atoms with Crippen LogP contribution in [0.15, 0.2) is 12.3 Å². The Hall–Kier alpha value is -0.520. The van der Waals surface area contributed by atoms with Crippen LogP contribution in [-0.4, -0.2) is 25.2 Å². The highest BCUT2D eigenvalue weighted by molar-refractivity contribution is 14.1. The van der Waals surface area contributed by atoms with Gasteiger partial charge in [0.1, 0.15) is 0 Å². The van der Waals surface area contributed by atoms with E-state index in [1.54, 1.807) is 0 Å². The Balaban J connectivity index is 2.27. The van der Waals surface area contributed by atoms with E-state index in [4.69, 9.17) is 4.74 Å². The second kappa shape index (κ2) is 3.92. The Labute approximate surface area is 97.6 Å². The molecular formula is C10H13IN2O. The first kappa shape index (κ1) is 10.0. The highest BCUT2D eigenvalue weighted by Crippen LogP contribution is 2.32. The number of nitrogens with zero attached hydrogens (tertiary/aromatic N) is 2. The SMILES string of the molecule is CN(C)c1ncc(I)cc1OC1CC1. The van der Waals surface area contributed by atoms with Gasteiger partial charge < -0.3 is 9.64 Å². The summed E-state index contributed by atoms with van der Waals surface area (Å²) >= 11 is 2.25. The van der Waals surface area contributed by atoms with E-state index >= 15 is 0 Å². The number of hydrogen-bond donors (Lipinski definition) is 0. The van der Waals surface area contributed by atoms with Gasteiger partial charge in [-0.2, -0.15) is 0 Å². The molecule has 0 bridgehead atoms. The van der Waals surface area contributed by atoms with Gasteiger partial charge in [-0.15, -0.1) is 0 Å². The zero-order valence-electron chi connectivity index (χ0n) is 8.33. The molecule has 1 heterocycles. The van der Waals surface area contributed by atoms with Crippen LogP contribution in [0.3, 0.4) is 0 Å². The molecule has 1 saturated carbocycles. The van der Waals surface area contributed by atoms with Gasteiger partial charge in [0.2, 0.25) is 0 Å². The van der Waals surface area contributed by atoms with Crippen LogP contribution >= 0.6 is 22.6 Å². The van der Waals surface area contributed by atoms with Crippen LogP contribution in [0.1, 0.15) is 12.8 Å². The second-order valence-corrected chi connectivity index (χ2v) is 4.93. The maximum Gasteiger partial charge on any atom is 0.170 e. The molecule has 1 fully saturated rings. The molecule has 1 aliphatic carbocycles. The van der Waals surface area contributed by atoms with Crippen molar-refractivity contribution in [2.75, 3.05) is 19.0 Å². The summed E-state index contributed by atoms with van der Waals surface area (Å²) in [6.07, 6.45) is 4.64. The monoisotopic (exact) mass is 304 g/mol. The number of ether oxygens (including phenoxy) is 1. The Kier molecular flexibility index (Phi) is 2.80. The molecule has 0 atom stereocenters. The average molecular weight is 304 g/mol. The number of pyridine rings is 1. The fraction of sp³-hybridized carbons (Fsp3) is 0.500. The summed E-state index contributed by atoms with van der Waals surface area (Å²) < 4.78 is 6.90. The van der Waals surface area contributed by atoms with Crippen molar-refractivity contribution in [2.24, 2.45) is 0 Å². The van der Waals surface area contributed by atoms with E-state index in [1.165, 1.54) is 12.8 Å². The van der Waals surface area contributed by atoms with Gasteiger partial charge in [0.05, 0.1) is 6.10 Å². The lowest BCUT2D eigenvalue weighted by atomic mass is 10.4. The van der Waals surface area contributed by atoms with E-state index in [2.05, 4.69) is 27.6 Å². The minimum Gasteiger partial charge on any atom is -0.487 e. The normalized spacial score (nSPS) is 15.4. The minimum absolute atomic E-state index is 0.425. The smallest absolute Gasteiger partial charge is 0.170 e. The molecule has 0 aliphatic heterocycles. The number of hydrogen-bond acceptors (Lipinski definition) is 3. The highest BCUT2D eigenvalue weighted by Gasteiger charge is 2.25. The summed E-state index contributed by atoms with van der Waals surface area (Å²) in [5, 5.41) is 0. The molecule has 1 aromatic heterocycles. The Morgan fingerprint density at radius 1 is 1.50 bits per heavy atom. The third kappa shape index (κ3) is 2.29. The van der Waals surface area contributed by atoms with Crippen LogP contribution in [0.5, 0.6) is 5.75 Å². The van der Waals surface area contributed by atoms with E-state index in [0.717, 1.165) is 15.1 Å². The van der Waals surface area contributed by atoms with Gasteiger partial charge >= 0.3 is 0 Å². The van der Waals surface area contributed by atoms with Gasteiger partial charge in [-0.05, 0) is 41.5 Å². The molecule has 14 heavy (non-hydrogen) atoms. The topological polar surface area (TPSA) is 25.4 Å². The molecule has 76 valence electrons. The summed E-state index contributed by atoms with van der Waals surface area (Å²) in [4.78, 5) is 6.33. The van der Waals surface area contributed by atoms with Gasteiger partial charge in [-0.1, -0.05) is 0 Å². The lowest BCUT2D eigenvalue weighted by molar-refractivity contribution is 0.302. The van der Waals surface area contributed by atoms with Crippen LogP contribution in [0, 0.1) is 3.57 Å². The quantitative estimate of drug-likeness (QED) is 0.801. The Morgan fingerprint density at radius 3 is 2.79 bits per heavy atom. The predicted octanol–water partition coefficient (Wildman–Crippen LogP) is 2.29. The number of rotatable bonds is 3.